The summed E-state index contributed by atoms with van der Waals surface area (Å²) in [6.45, 7) is 4.06. The largest absolute Gasteiger partial charge is 0.507 e. The fraction of sp³-hybridized carbons (Fsp3) is 0.269. The lowest BCUT2D eigenvalue weighted by Gasteiger charge is -2.36. The second-order valence-electron chi connectivity index (χ2n) is 8.30. The quantitative estimate of drug-likeness (QED) is 0.466. The Labute approximate surface area is 191 Å². The monoisotopic (exact) mass is 447 g/mol. The van der Waals surface area contributed by atoms with Gasteiger partial charge in [0.15, 0.2) is 5.58 Å². The first-order valence-corrected chi connectivity index (χ1v) is 11.1. The normalized spacial score (nSPS) is 14.7. The molecule has 1 fully saturated rings. The molecule has 0 spiro atoms. The van der Waals surface area contributed by atoms with E-state index in [0.29, 0.717) is 29.8 Å². The lowest BCUT2D eigenvalue weighted by molar-refractivity contribution is 0.246. The van der Waals surface area contributed by atoms with Crippen molar-refractivity contribution < 1.29 is 18.8 Å². The minimum absolute atomic E-state index is 0.189. The summed E-state index contributed by atoms with van der Waals surface area (Å²) in [5.74, 6) is 0.776. The van der Waals surface area contributed by atoms with Gasteiger partial charge in [-0.3, -0.25) is 4.90 Å². The van der Waals surface area contributed by atoms with Gasteiger partial charge in [-0.2, -0.15) is 0 Å². The van der Waals surface area contributed by atoms with Gasteiger partial charge in [0.2, 0.25) is 0 Å². The molecule has 0 atom stereocenters. The zero-order valence-corrected chi connectivity index (χ0v) is 18.5. The van der Waals surface area contributed by atoms with Crippen molar-refractivity contribution in [3.63, 3.8) is 0 Å². The van der Waals surface area contributed by atoms with E-state index < -0.39 is 0 Å². The molecule has 1 aromatic heterocycles. The van der Waals surface area contributed by atoms with E-state index in [9.17, 15) is 9.50 Å². The summed E-state index contributed by atoms with van der Waals surface area (Å²) >= 11 is 0. The second-order valence-corrected chi connectivity index (χ2v) is 8.30. The molecule has 1 saturated heterocycles. The maximum atomic E-state index is 14.1. The van der Waals surface area contributed by atoms with Gasteiger partial charge in [0.1, 0.15) is 17.3 Å². The number of halogens is 1. The number of hydrogen-bond donors (Lipinski definition) is 1. The van der Waals surface area contributed by atoms with Crippen molar-refractivity contribution in [2.45, 2.75) is 13.0 Å². The van der Waals surface area contributed by atoms with Gasteiger partial charge in [0.05, 0.1) is 18.4 Å². The number of aromatic nitrogens is 1. The first-order valence-electron chi connectivity index (χ1n) is 11.1. The third-order valence-electron chi connectivity index (χ3n) is 6.30. The summed E-state index contributed by atoms with van der Waals surface area (Å²) in [7, 11) is 1.67. The van der Waals surface area contributed by atoms with Crippen molar-refractivity contribution >= 4 is 16.7 Å². The van der Waals surface area contributed by atoms with Gasteiger partial charge in [-0.25, -0.2) is 4.39 Å². The summed E-state index contributed by atoms with van der Waals surface area (Å²) in [5, 5.41) is 15.6. The van der Waals surface area contributed by atoms with Crippen LogP contribution in [0.5, 0.6) is 11.5 Å². The number of piperazine rings is 1. The Balaban J connectivity index is 1.30. The van der Waals surface area contributed by atoms with E-state index >= 15 is 0 Å². The van der Waals surface area contributed by atoms with Gasteiger partial charge in [-0.05, 0) is 48.0 Å². The van der Waals surface area contributed by atoms with E-state index in [1.165, 1.54) is 11.8 Å². The Kier molecular flexibility index (Phi) is 5.88. The highest BCUT2D eigenvalue weighted by atomic mass is 19.1. The zero-order valence-electron chi connectivity index (χ0n) is 18.5. The number of phenolic OH excluding ortho intramolecular Hbond substituents is 1. The summed E-state index contributed by atoms with van der Waals surface area (Å²) in [5.41, 5.74) is 3.70. The number of benzene rings is 3. The van der Waals surface area contributed by atoms with Crippen LogP contribution in [0.25, 0.3) is 11.0 Å². The molecule has 1 aliphatic rings. The first-order chi connectivity index (χ1) is 16.1. The van der Waals surface area contributed by atoms with Gasteiger partial charge in [-0.15, -0.1) is 0 Å². The summed E-state index contributed by atoms with van der Waals surface area (Å²) in [6.07, 6.45) is 0.338. The summed E-state index contributed by atoms with van der Waals surface area (Å²) in [4.78, 5) is 4.64. The molecule has 7 heteroatoms. The predicted molar refractivity (Wildman–Crippen MR) is 125 cm³/mol. The summed E-state index contributed by atoms with van der Waals surface area (Å²) in [6, 6.07) is 18.2. The van der Waals surface area contributed by atoms with Crippen molar-refractivity contribution in [3.05, 3.63) is 83.3 Å². The molecule has 2 heterocycles. The van der Waals surface area contributed by atoms with Gasteiger partial charge >= 0.3 is 0 Å². The molecule has 0 unspecified atom stereocenters. The van der Waals surface area contributed by atoms with Crippen LogP contribution in [-0.4, -0.2) is 48.5 Å². The molecule has 1 aliphatic heterocycles. The molecule has 4 aromatic rings. The van der Waals surface area contributed by atoms with Crippen LogP contribution in [0.1, 0.15) is 16.8 Å². The lowest BCUT2D eigenvalue weighted by Crippen LogP contribution is -2.45. The topological polar surface area (TPSA) is 62.0 Å². The molecule has 0 aliphatic carbocycles. The molecule has 0 saturated carbocycles. The SMILES string of the molecule is COc1ccc(N2CCN(Cc3c(O)ccc4c(Cc5ccccc5F)noc34)CC2)cc1. The fourth-order valence-corrected chi connectivity index (χ4v) is 4.38. The van der Waals surface area contributed by atoms with Crippen molar-refractivity contribution in [2.24, 2.45) is 0 Å². The molecule has 0 bridgehead atoms. The Bertz CT molecular complexity index is 1250. The molecular formula is C26H26FN3O3. The Morgan fingerprint density at radius 3 is 2.48 bits per heavy atom. The predicted octanol–water partition coefficient (Wildman–Crippen LogP) is 4.59. The Morgan fingerprint density at radius 1 is 1.00 bits per heavy atom. The van der Waals surface area contributed by atoms with Crippen LogP contribution in [0.3, 0.4) is 0 Å². The molecule has 6 nitrogen and oxygen atoms in total. The number of hydrogen-bond acceptors (Lipinski definition) is 6. The number of anilines is 1. The molecule has 0 radical (unpaired) electrons. The third-order valence-corrected chi connectivity index (χ3v) is 6.30. The molecule has 170 valence electrons. The van der Waals surface area contributed by atoms with Crippen molar-refractivity contribution in [2.75, 3.05) is 38.2 Å². The van der Waals surface area contributed by atoms with Crippen LogP contribution in [0.4, 0.5) is 10.1 Å². The number of rotatable bonds is 6. The van der Waals surface area contributed by atoms with Gasteiger partial charge in [0.25, 0.3) is 0 Å². The van der Waals surface area contributed by atoms with Crippen molar-refractivity contribution in [3.8, 4) is 11.5 Å². The fourth-order valence-electron chi connectivity index (χ4n) is 4.38. The van der Waals surface area contributed by atoms with Crippen LogP contribution in [0.2, 0.25) is 0 Å². The van der Waals surface area contributed by atoms with Crippen molar-refractivity contribution in [1.82, 2.24) is 10.1 Å². The van der Waals surface area contributed by atoms with E-state index in [-0.39, 0.29) is 11.6 Å². The van der Waals surface area contributed by atoms with Crippen LogP contribution < -0.4 is 9.64 Å². The zero-order chi connectivity index (χ0) is 22.8. The Morgan fingerprint density at radius 2 is 1.76 bits per heavy atom. The maximum absolute atomic E-state index is 14.1. The highest BCUT2D eigenvalue weighted by Gasteiger charge is 2.22. The highest BCUT2D eigenvalue weighted by Crippen LogP contribution is 2.32. The Hall–Kier alpha value is -3.58. The maximum Gasteiger partial charge on any atom is 0.175 e. The second kappa shape index (κ2) is 9.11. The number of aromatic hydroxyl groups is 1. The number of methoxy groups -OCH3 is 1. The van der Waals surface area contributed by atoms with Gasteiger partial charge in [0, 0.05) is 50.2 Å². The van der Waals surface area contributed by atoms with E-state index in [2.05, 4.69) is 27.1 Å². The van der Waals surface area contributed by atoms with Crippen LogP contribution in [0.15, 0.2) is 65.2 Å². The molecule has 1 N–H and O–H groups in total. The minimum Gasteiger partial charge on any atom is -0.507 e. The van der Waals surface area contributed by atoms with Crippen LogP contribution >= 0.6 is 0 Å². The smallest absolute Gasteiger partial charge is 0.175 e. The first kappa shape index (κ1) is 21.3. The lowest BCUT2D eigenvalue weighted by atomic mass is 10.0. The molecule has 5 rings (SSSR count). The summed E-state index contributed by atoms with van der Waals surface area (Å²) < 4.78 is 25.0. The average Bonchev–Trinajstić information content (AvgIpc) is 3.26. The standard InChI is InChI=1S/C26H26FN3O3/c1-32-20-8-6-19(7-9-20)30-14-12-29(13-15-30)17-22-25(31)11-10-21-24(28-33-26(21)22)16-18-4-2-3-5-23(18)27/h2-11,31H,12-17H2,1H3. The van der Waals surface area contributed by atoms with E-state index in [4.69, 9.17) is 9.26 Å². The highest BCUT2D eigenvalue weighted by molar-refractivity contribution is 5.84. The molecule has 3 aromatic carbocycles. The van der Waals surface area contributed by atoms with E-state index in [1.54, 1.807) is 31.4 Å². The van der Waals surface area contributed by atoms with E-state index in [1.807, 2.05) is 18.2 Å². The van der Waals surface area contributed by atoms with Gasteiger partial charge in [-0.1, -0.05) is 23.4 Å². The average molecular weight is 448 g/mol. The van der Waals surface area contributed by atoms with Gasteiger partial charge < -0.3 is 19.3 Å². The molecule has 33 heavy (non-hydrogen) atoms. The van der Waals surface area contributed by atoms with Crippen LogP contribution in [0, 0.1) is 5.82 Å². The van der Waals surface area contributed by atoms with Crippen molar-refractivity contribution in [1.29, 1.82) is 0 Å². The minimum atomic E-state index is -0.262. The number of phenols is 1. The molecule has 0 amide bonds. The number of ether oxygens (including phenoxy) is 1. The van der Waals surface area contributed by atoms with Crippen LogP contribution in [-0.2, 0) is 13.0 Å². The third kappa shape index (κ3) is 4.36. The van der Waals surface area contributed by atoms with E-state index in [0.717, 1.165) is 42.9 Å². The molecular weight excluding hydrogens is 421 g/mol. The number of nitrogens with zero attached hydrogens (tertiary/aromatic N) is 3. The number of fused-ring (bicyclic) bond motifs is 1.